The number of aryl methyl sites for hydroxylation is 1. The summed E-state index contributed by atoms with van der Waals surface area (Å²) in [6.45, 7) is 2.05. The molecule has 0 bridgehead atoms. The third-order valence-electron chi connectivity index (χ3n) is 2.46. The van der Waals surface area contributed by atoms with E-state index in [1.807, 2.05) is 49.4 Å². The van der Waals surface area contributed by atoms with Gasteiger partial charge in [0.2, 0.25) is 0 Å². The molecule has 2 nitrogen and oxygen atoms in total. The maximum atomic E-state index is 5.30. The van der Waals surface area contributed by atoms with Gasteiger partial charge >= 0.3 is 0 Å². The third kappa shape index (κ3) is 4.30. The second-order valence-electron chi connectivity index (χ2n) is 4.07. The van der Waals surface area contributed by atoms with Gasteiger partial charge in [-0.1, -0.05) is 28.1 Å². The summed E-state index contributed by atoms with van der Waals surface area (Å²) in [5, 5.41) is 6.86. The van der Waals surface area contributed by atoms with Crippen LogP contribution in [0.4, 0.5) is 11.4 Å². The van der Waals surface area contributed by atoms with Crippen LogP contribution in [0.3, 0.4) is 0 Å². The average molecular weight is 400 g/mol. The fourth-order valence-electron chi connectivity index (χ4n) is 1.57. The summed E-state index contributed by atoms with van der Waals surface area (Å²) in [6, 6.07) is 13.9. The first-order valence-electron chi connectivity index (χ1n) is 5.64. The number of halogens is 2. The topological polar surface area (TPSA) is 24.1 Å². The normalized spacial score (nSPS) is 10.1. The van der Waals surface area contributed by atoms with Gasteiger partial charge in [-0.25, -0.2) is 0 Å². The molecule has 19 heavy (non-hydrogen) atoms. The van der Waals surface area contributed by atoms with Gasteiger partial charge in [-0.3, -0.25) is 0 Å². The van der Waals surface area contributed by atoms with Crippen molar-refractivity contribution in [1.29, 1.82) is 0 Å². The van der Waals surface area contributed by atoms with E-state index in [-0.39, 0.29) is 0 Å². The molecule has 2 aromatic rings. The van der Waals surface area contributed by atoms with Crippen LogP contribution in [0.2, 0.25) is 0 Å². The zero-order chi connectivity index (χ0) is 13.8. The molecule has 2 N–H and O–H groups in total. The van der Waals surface area contributed by atoms with E-state index in [9.17, 15) is 0 Å². The molecule has 0 aromatic heterocycles. The quantitative estimate of drug-likeness (QED) is 0.667. The third-order valence-corrected chi connectivity index (χ3v) is 3.81. The van der Waals surface area contributed by atoms with Crippen molar-refractivity contribution in [2.45, 2.75) is 6.92 Å². The molecule has 5 heteroatoms. The van der Waals surface area contributed by atoms with Gasteiger partial charge in [0.15, 0.2) is 5.11 Å². The summed E-state index contributed by atoms with van der Waals surface area (Å²) in [7, 11) is 0. The number of anilines is 2. The van der Waals surface area contributed by atoms with Crippen molar-refractivity contribution in [3.8, 4) is 0 Å². The van der Waals surface area contributed by atoms with Gasteiger partial charge in [0, 0.05) is 14.6 Å². The fraction of sp³-hybridized carbons (Fsp3) is 0.0714. The van der Waals surface area contributed by atoms with Gasteiger partial charge in [-0.15, -0.1) is 0 Å². The number of benzene rings is 2. The average Bonchev–Trinajstić information content (AvgIpc) is 2.33. The van der Waals surface area contributed by atoms with Crippen molar-refractivity contribution in [2.75, 3.05) is 10.6 Å². The van der Waals surface area contributed by atoms with Crippen molar-refractivity contribution in [1.82, 2.24) is 0 Å². The van der Waals surface area contributed by atoms with Gasteiger partial charge < -0.3 is 10.6 Å². The maximum Gasteiger partial charge on any atom is 0.175 e. The Balaban J connectivity index is 2.05. The minimum absolute atomic E-state index is 0.558. The lowest BCUT2D eigenvalue weighted by molar-refractivity contribution is 1.44. The molecule has 2 rings (SSSR count). The van der Waals surface area contributed by atoms with Gasteiger partial charge in [-0.2, -0.15) is 0 Å². The Morgan fingerprint density at radius 3 is 2.53 bits per heavy atom. The molecule has 2 aromatic carbocycles. The summed E-state index contributed by atoms with van der Waals surface area (Å²) in [5.74, 6) is 0. The molecule has 0 spiro atoms. The van der Waals surface area contributed by atoms with E-state index >= 15 is 0 Å². The van der Waals surface area contributed by atoms with Crippen LogP contribution in [-0.2, 0) is 0 Å². The van der Waals surface area contributed by atoms with Crippen LogP contribution in [0.25, 0.3) is 0 Å². The maximum absolute atomic E-state index is 5.30. The minimum atomic E-state index is 0.558. The van der Waals surface area contributed by atoms with Crippen molar-refractivity contribution >= 4 is 60.6 Å². The SMILES string of the molecule is Cc1ccc(NC(=S)Nc2cccc(Br)c2)c(Br)c1. The fourth-order valence-corrected chi connectivity index (χ4v) is 2.79. The molecule has 0 amide bonds. The first-order chi connectivity index (χ1) is 9.04. The second-order valence-corrected chi connectivity index (χ2v) is 6.25. The van der Waals surface area contributed by atoms with E-state index in [4.69, 9.17) is 12.2 Å². The molecule has 0 saturated carbocycles. The number of nitrogens with one attached hydrogen (secondary N) is 2. The lowest BCUT2D eigenvalue weighted by Crippen LogP contribution is -2.19. The zero-order valence-corrected chi connectivity index (χ0v) is 14.2. The Kier molecular flexibility index (Phi) is 4.96. The van der Waals surface area contributed by atoms with Crippen LogP contribution in [0.5, 0.6) is 0 Å². The molecule has 98 valence electrons. The first-order valence-corrected chi connectivity index (χ1v) is 7.64. The molecule has 0 aliphatic carbocycles. The molecule has 0 saturated heterocycles. The van der Waals surface area contributed by atoms with Crippen LogP contribution in [-0.4, -0.2) is 5.11 Å². The molecule has 0 unspecified atom stereocenters. The Bertz CT molecular complexity index is 614. The number of rotatable bonds is 2. The molecule has 0 atom stereocenters. The number of hydrogen-bond acceptors (Lipinski definition) is 1. The Labute approximate surface area is 134 Å². The lowest BCUT2D eigenvalue weighted by atomic mass is 10.2. The van der Waals surface area contributed by atoms with Crippen LogP contribution in [0, 0.1) is 6.92 Å². The summed E-state index contributed by atoms with van der Waals surface area (Å²) in [6.07, 6.45) is 0. The van der Waals surface area contributed by atoms with E-state index in [0.717, 1.165) is 20.3 Å². The Hall–Kier alpha value is -0.910. The minimum Gasteiger partial charge on any atom is -0.332 e. The Morgan fingerprint density at radius 2 is 1.84 bits per heavy atom. The smallest absolute Gasteiger partial charge is 0.175 e. The summed E-state index contributed by atoms with van der Waals surface area (Å²) in [4.78, 5) is 0. The van der Waals surface area contributed by atoms with Crippen LogP contribution < -0.4 is 10.6 Å². The molecule has 0 aliphatic heterocycles. The van der Waals surface area contributed by atoms with Crippen LogP contribution in [0.15, 0.2) is 51.4 Å². The largest absolute Gasteiger partial charge is 0.332 e. The lowest BCUT2D eigenvalue weighted by Gasteiger charge is -2.12. The highest BCUT2D eigenvalue weighted by Crippen LogP contribution is 2.23. The summed E-state index contributed by atoms with van der Waals surface area (Å²) in [5.41, 5.74) is 3.08. The first kappa shape index (κ1) is 14.5. The van der Waals surface area contributed by atoms with Gasteiger partial charge in [0.25, 0.3) is 0 Å². The van der Waals surface area contributed by atoms with Crippen molar-refractivity contribution in [3.63, 3.8) is 0 Å². The molecule has 0 fully saturated rings. The van der Waals surface area contributed by atoms with Crippen molar-refractivity contribution < 1.29 is 0 Å². The van der Waals surface area contributed by atoms with E-state index in [0.29, 0.717) is 5.11 Å². The van der Waals surface area contributed by atoms with E-state index < -0.39 is 0 Å². The number of thiocarbonyl (C=S) groups is 1. The van der Waals surface area contributed by atoms with Gasteiger partial charge in [0.1, 0.15) is 0 Å². The Morgan fingerprint density at radius 1 is 1.05 bits per heavy atom. The van der Waals surface area contributed by atoms with Crippen molar-refractivity contribution in [2.24, 2.45) is 0 Å². The highest BCUT2D eigenvalue weighted by Gasteiger charge is 2.03. The molecule has 0 heterocycles. The molecular formula is C14H12Br2N2S. The molecular weight excluding hydrogens is 388 g/mol. The van der Waals surface area contributed by atoms with E-state index in [2.05, 4.69) is 42.5 Å². The zero-order valence-electron chi connectivity index (χ0n) is 10.2. The highest BCUT2D eigenvalue weighted by molar-refractivity contribution is 9.10. The predicted octanol–water partition coefficient (Wildman–Crippen LogP) is 5.33. The van der Waals surface area contributed by atoms with Gasteiger partial charge in [0.05, 0.1) is 5.69 Å². The van der Waals surface area contributed by atoms with Crippen LogP contribution in [0.1, 0.15) is 5.56 Å². The van der Waals surface area contributed by atoms with Crippen LogP contribution >= 0.6 is 44.1 Å². The standard InChI is InChI=1S/C14H12Br2N2S/c1-9-5-6-13(12(16)7-9)18-14(19)17-11-4-2-3-10(15)8-11/h2-8H,1H3,(H2,17,18,19). The summed E-state index contributed by atoms with van der Waals surface area (Å²) < 4.78 is 2.00. The number of hydrogen-bond donors (Lipinski definition) is 2. The van der Waals surface area contributed by atoms with E-state index in [1.54, 1.807) is 0 Å². The highest BCUT2D eigenvalue weighted by atomic mass is 79.9. The second kappa shape index (κ2) is 6.50. The monoisotopic (exact) mass is 398 g/mol. The van der Waals surface area contributed by atoms with Crippen molar-refractivity contribution in [3.05, 3.63) is 57.0 Å². The molecule has 0 radical (unpaired) electrons. The van der Waals surface area contributed by atoms with Gasteiger partial charge in [-0.05, 0) is 71.0 Å². The molecule has 0 aliphatic rings. The predicted molar refractivity (Wildman–Crippen MR) is 92.9 cm³/mol. The van der Waals surface area contributed by atoms with E-state index in [1.165, 1.54) is 5.56 Å². The summed E-state index contributed by atoms with van der Waals surface area (Å²) >= 11 is 12.2.